The Balaban J connectivity index is 4.19. The Labute approximate surface area is 428 Å². The van der Waals surface area contributed by atoms with Gasteiger partial charge in [-0.3, -0.25) is 13.8 Å². The van der Waals surface area contributed by atoms with Gasteiger partial charge in [0.25, 0.3) is 0 Å². The number of aliphatic hydroxyl groups is 1. The minimum atomic E-state index is -4.36. The van der Waals surface area contributed by atoms with Crippen molar-refractivity contribution in [2.24, 2.45) is 0 Å². The van der Waals surface area contributed by atoms with Crippen molar-refractivity contribution in [2.75, 3.05) is 40.9 Å². The van der Waals surface area contributed by atoms with E-state index in [1.807, 2.05) is 27.2 Å². The highest BCUT2D eigenvalue weighted by molar-refractivity contribution is 7.47. The first kappa shape index (κ1) is 67.2. The summed E-state index contributed by atoms with van der Waals surface area (Å²) < 4.78 is 23.6. The van der Waals surface area contributed by atoms with E-state index in [0.29, 0.717) is 17.4 Å². The minimum absolute atomic E-state index is 0.0487. The average molecular weight is 991 g/mol. The smallest absolute Gasteiger partial charge is 0.387 e. The predicted octanol–water partition coefficient (Wildman–Crippen LogP) is 17.7. The fraction of sp³-hybridized carbons (Fsp3) is 0.817. The molecule has 0 aromatic rings. The Morgan fingerprint density at radius 3 is 1.28 bits per heavy atom. The van der Waals surface area contributed by atoms with Gasteiger partial charge in [0.2, 0.25) is 5.91 Å². The Morgan fingerprint density at radius 1 is 0.493 bits per heavy atom. The van der Waals surface area contributed by atoms with Gasteiger partial charge >= 0.3 is 7.82 Å². The lowest BCUT2D eigenvalue weighted by Gasteiger charge is -2.25. The first-order valence-corrected chi connectivity index (χ1v) is 30.7. The molecule has 8 nitrogen and oxygen atoms in total. The molecule has 404 valence electrons. The summed E-state index contributed by atoms with van der Waals surface area (Å²) in [6.45, 7) is 4.76. The molecule has 1 amide bonds. The molecule has 3 N–H and O–H groups in total. The standard InChI is InChI=1S/C60H113N2O6P/c1-6-8-10-12-14-16-18-20-22-23-24-25-26-27-28-29-30-31-32-33-34-35-36-37-38-40-41-43-45-47-49-51-53-59(63)58(57-68-69(65,66)67-56-55-62(3,4)5)61-60(64)54-52-50-48-46-44-42-39-21-19-17-15-13-11-9-7-2/h15,17,21,37-39,43,45,51,53,58-59,63H,6-14,16,18-20,22-36,40-42,44,46-50,52,54-57H2,1-5H3,(H-,61,64,65,66)/p+1/b17-15-,38-37+,39-21-,45-43+,53-51+. The lowest BCUT2D eigenvalue weighted by molar-refractivity contribution is -0.870. The lowest BCUT2D eigenvalue weighted by atomic mass is 10.0. The van der Waals surface area contributed by atoms with E-state index < -0.39 is 20.0 Å². The van der Waals surface area contributed by atoms with Crippen LogP contribution in [0.2, 0.25) is 0 Å². The number of rotatable bonds is 53. The normalized spacial score (nSPS) is 14.4. The molecule has 0 rings (SSSR count). The molecule has 0 aliphatic heterocycles. The quantitative estimate of drug-likeness (QED) is 0.0243. The third kappa shape index (κ3) is 53.8. The van der Waals surface area contributed by atoms with E-state index in [-0.39, 0.29) is 19.1 Å². The first-order valence-electron chi connectivity index (χ1n) is 29.2. The fourth-order valence-corrected chi connectivity index (χ4v) is 9.08. The number of quaternary nitrogens is 1. The number of hydrogen-bond donors (Lipinski definition) is 3. The number of nitrogens with zero attached hydrogens (tertiary/aromatic N) is 1. The van der Waals surface area contributed by atoms with Crippen LogP contribution in [-0.4, -0.2) is 73.4 Å². The third-order valence-corrected chi connectivity index (χ3v) is 13.9. The van der Waals surface area contributed by atoms with E-state index in [1.165, 1.54) is 173 Å². The topological polar surface area (TPSA) is 105 Å². The number of likely N-dealkylation sites (N-methyl/N-ethyl adjacent to an activating group) is 1. The molecule has 9 heteroatoms. The maximum absolute atomic E-state index is 12.9. The van der Waals surface area contributed by atoms with Crippen molar-refractivity contribution < 1.29 is 32.9 Å². The predicted molar refractivity (Wildman–Crippen MR) is 300 cm³/mol. The molecule has 0 saturated heterocycles. The van der Waals surface area contributed by atoms with Crippen molar-refractivity contribution in [2.45, 2.75) is 276 Å². The van der Waals surface area contributed by atoms with Gasteiger partial charge in [-0.25, -0.2) is 4.57 Å². The van der Waals surface area contributed by atoms with Gasteiger partial charge in [-0.2, -0.15) is 0 Å². The Morgan fingerprint density at radius 2 is 0.841 bits per heavy atom. The van der Waals surface area contributed by atoms with E-state index in [9.17, 15) is 19.4 Å². The summed E-state index contributed by atoms with van der Waals surface area (Å²) in [7, 11) is 1.53. The highest BCUT2D eigenvalue weighted by atomic mass is 31.2. The van der Waals surface area contributed by atoms with E-state index in [2.05, 4.69) is 67.8 Å². The second-order valence-electron chi connectivity index (χ2n) is 21.0. The number of hydrogen-bond acceptors (Lipinski definition) is 5. The summed E-state index contributed by atoms with van der Waals surface area (Å²) in [6.07, 6.45) is 69.2. The van der Waals surface area contributed by atoms with Gasteiger partial charge < -0.3 is 19.8 Å². The van der Waals surface area contributed by atoms with Gasteiger partial charge in [0, 0.05) is 6.42 Å². The van der Waals surface area contributed by atoms with Crippen LogP contribution in [0.1, 0.15) is 264 Å². The van der Waals surface area contributed by atoms with Crippen LogP contribution in [0.4, 0.5) is 0 Å². The van der Waals surface area contributed by atoms with Crippen molar-refractivity contribution in [3.05, 3.63) is 60.8 Å². The monoisotopic (exact) mass is 990 g/mol. The number of allylic oxidation sites excluding steroid dienone is 9. The Hall–Kier alpha value is -1.80. The average Bonchev–Trinajstić information content (AvgIpc) is 3.31. The summed E-state index contributed by atoms with van der Waals surface area (Å²) in [5.74, 6) is -0.205. The maximum atomic E-state index is 12.9. The Bertz CT molecular complexity index is 1310. The molecule has 0 aliphatic carbocycles. The van der Waals surface area contributed by atoms with E-state index in [1.54, 1.807) is 6.08 Å². The van der Waals surface area contributed by atoms with Crippen LogP contribution >= 0.6 is 7.82 Å². The largest absolute Gasteiger partial charge is 0.472 e. The SMILES string of the molecule is CCCCC/C=C\C/C=C\CCCCCCCC(=O)NC(COP(=O)(O)OCC[N+](C)(C)C)C(O)/C=C/CC/C=C/CC/C=C/CCCCCCCCCCCCCCCCCCCCCCCC. The number of nitrogens with one attached hydrogen (secondary N) is 1. The zero-order valence-electron chi connectivity index (χ0n) is 46.0. The van der Waals surface area contributed by atoms with Crippen molar-refractivity contribution >= 4 is 13.7 Å². The fourth-order valence-electron chi connectivity index (χ4n) is 8.34. The highest BCUT2D eigenvalue weighted by Gasteiger charge is 2.27. The van der Waals surface area contributed by atoms with Crippen LogP contribution in [-0.2, 0) is 18.4 Å². The second-order valence-corrected chi connectivity index (χ2v) is 22.4. The molecular formula is C60H114N2O6P+. The summed E-state index contributed by atoms with van der Waals surface area (Å²) in [5.41, 5.74) is 0. The second kappa shape index (κ2) is 51.1. The summed E-state index contributed by atoms with van der Waals surface area (Å²) in [4.78, 5) is 23.2. The van der Waals surface area contributed by atoms with Gasteiger partial charge in [-0.05, 0) is 77.0 Å². The van der Waals surface area contributed by atoms with E-state index >= 15 is 0 Å². The van der Waals surface area contributed by atoms with Crippen LogP contribution in [0.5, 0.6) is 0 Å². The molecule has 0 aliphatic rings. The molecule has 3 unspecified atom stereocenters. The number of carbonyl (C=O) groups excluding carboxylic acids is 1. The molecule has 0 radical (unpaired) electrons. The summed E-state index contributed by atoms with van der Waals surface area (Å²) in [6, 6.07) is -0.880. The molecule has 3 atom stereocenters. The molecule has 0 spiro atoms. The molecular weight excluding hydrogens is 876 g/mol. The first-order chi connectivity index (χ1) is 33.5. The van der Waals surface area contributed by atoms with Crippen molar-refractivity contribution in [1.82, 2.24) is 5.32 Å². The maximum Gasteiger partial charge on any atom is 0.472 e. The van der Waals surface area contributed by atoms with Crippen molar-refractivity contribution in [1.29, 1.82) is 0 Å². The molecule has 0 bridgehead atoms. The third-order valence-electron chi connectivity index (χ3n) is 12.9. The highest BCUT2D eigenvalue weighted by Crippen LogP contribution is 2.43. The number of unbranched alkanes of at least 4 members (excludes halogenated alkanes) is 32. The lowest BCUT2D eigenvalue weighted by Crippen LogP contribution is -2.45. The van der Waals surface area contributed by atoms with Gasteiger partial charge in [0.05, 0.1) is 39.9 Å². The molecule has 0 saturated carbocycles. The molecule has 0 aromatic carbocycles. The van der Waals surface area contributed by atoms with Gasteiger partial charge in [0.1, 0.15) is 13.2 Å². The van der Waals surface area contributed by atoms with Crippen LogP contribution in [0, 0.1) is 0 Å². The van der Waals surface area contributed by atoms with Crippen LogP contribution < -0.4 is 5.32 Å². The summed E-state index contributed by atoms with van der Waals surface area (Å²) in [5, 5.41) is 13.9. The van der Waals surface area contributed by atoms with E-state index in [4.69, 9.17) is 9.05 Å². The Kier molecular flexibility index (Phi) is 49.8. The molecule has 0 heterocycles. The minimum Gasteiger partial charge on any atom is -0.387 e. The molecule has 69 heavy (non-hydrogen) atoms. The van der Waals surface area contributed by atoms with Gasteiger partial charge in [-0.15, -0.1) is 0 Å². The summed E-state index contributed by atoms with van der Waals surface area (Å²) >= 11 is 0. The van der Waals surface area contributed by atoms with Gasteiger partial charge in [-0.1, -0.05) is 242 Å². The molecule has 0 fully saturated rings. The van der Waals surface area contributed by atoms with E-state index in [0.717, 1.165) is 70.6 Å². The number of phosphoric ester groups is 1. The van der Waals surface area contributed by atoms with Crippen molar-refractivity contribution in [3.63, 3.8) is 0 Å². The van der Waals surface area contributed by atoms with Crippen LogP contribution in [0.25, 0.3) is 0 Å². The van der Waals surface area contributed by atoms with Crippen LogP contribution in [0.15, 0.2) is 60.8 Å². The van der Waals surface area contributed by atoms with Gasteiger partial charge in [0.15, 0.2) is 0 Å². The zero-order chi connectivity index (χ0) is 50.6. The number of amides is 1. The van der Waals surface area contributed by atoms with Crippen molar-refractivity contribution in [3.8, 4) is 0 Å². The number of aliphatic hydroxyl groups excluding tert-OH is 1. The molecule has 0 aromatic heterocycles. The number of phosphoric acid groups is 1. The van der Waals surface area contributed by atoms with Crippen LogP contribution in [0.3, 0.4) is 0 Å². The zero-order valence-corrected chi connectivity index (χ0v) is 46.9. The number of carbonyl (C=O) groups is 1.